The highest BCUT2D eigenvalue weighted by Gasteiger charge is 2.30. The Hall–Kier alpha value is -2.68. The maximum Gasteiger partial charge on any atom is 0.196 e. The molecule has 0 saturated carbocycles. The number of benzene rings is 2. The van der Waals surface area contributed by atoms with Gasteiger partial charge >= 0.3 is 0 Å². The van der Waals surface area contributed by atoms with E-state index in [4.69, 9.17) is 4.74 Å². The van der Waals surface area contributed by atoms with Gasteiger partial charge in [0.25, 0.3) is 0 Å². The molecule has 0 atom stereocenters. The van der Waals surface area contributed by atoms with Crippen LogP contribution in [-0.2, 0) is 0 Å². The largest absolute Gasteiger partial charge is 0.494 e. The topological polar surface area (TPSA) is 39.2 Å². The van der Waals surface area contributed by atoms with Crippen LogP contribution in [0.15, 0.2) is 42.5 Å². The SMILES string of the molecule is COc1cccc2c3c(c(C)nc12)C(=O)c1ccccc1-3. The molecule has 0 radical (unpaired) electrons. The summed E-state index contributed by atoms with van der Waals surface area (Å²) in [5.74, 6) is 0.797. The summed E-state index contributed by atoms with van der Waals surface area (Å²) >= 11 is 0. The number of para-hydroxylation sites is 1. The van der Waals surface area contributed by atoms with Gasteiger partial charge < -0.3 is 4.74 Å². The van der Waals surface area contributed by atoms with Gasteiger partial charge in [-0.05, 0) is 18.6 Å². The predicted molar refractivity (Wildman–Crippen MR) is 81.9 cm³/mol. The molecule has 3 aromatic rings. The molecular formula is C18H13NO2. The summed E-state index contributed by atoms with van der Waals surface area (Å²) in [6.07, 6.45) is 0. The predicted octanol–water partition coefficient (Wildman–Crippen LogP) is 3.76. The molecule has 4 rings (SSSR count). The molecule has 0 saturated heterocycles. The molecule has 0 unspecified atom stereocenters. The Balaban J connectivity index is 2.22. The van der Waals surface area contributed by atoms with Crippen molar-refractivity contribution in [2.75, 3.05) is 7.11 Å². The number of rotatable bonds is 1. The summed E-state index contributed by atoms with van der Waals surface area (Å²) in [4.78, 5) is 17.2. The van der Waals surface area contributed by atoms with Crippen LogP contribution in [-0.4, -0.2) is 17.9 Å². The number of ketones is 1. The Morgan fingerprint density at radius 2 is 1.71 bits per heavy atom. The lowest BCUT2D eigenvalue weighted by Crippen LogP contribution is -2.01. The molecule has 21 heavy (non-hydrogen) atoms. The average molecular weight is 275 g/mol. The van der Waals surface area contributed by atoms with Gasteiger partial charge in [0.05, 0.1) is 12.7 Å². The van der Waals surface area contributed by atoms with Crippen molar-refractivity contribution in [1.82, 2.24) is 4.98 Å². The molecule has 1 aromatic heterocycles. The van der Waals surface area contributed by atoms with E-state index in [1.807, 2.05) is 49.4 Å². The smallest absolute Gasteiger partial charge is 0.196 e. The molecule has 0 amide bonds. The average Bonchev–Trinajstić information content (AvgIpc) is 2.82. The standard InChI is InChI=1S/C18H13NO2/c1-10-15-16(11-6-3-4-7-12(11)18(15)20)13-8-5-9-14(21-2)17(13)19-10/h3-9H,1-2H3. The summed E-state index contributed by atoms with van der Waals surface area (Å²) in [6.45, 7) is 1.88. The van der Waals surface area contributed by atoms with Crippen LogP contribution in [0.2, 0.25) is 0 Å². The second-order valence-corrected chi connectivity index (χ2v) is 5.18. The first-order valence-electron chi connectivity index (χ1n) is 6.84. The molecule has 0 fully saturated rings. The fourth-order valence-corrected chi connectivity index (χ4v) is 3.13. The molecule has 3 heteroatoms. The molecule has 3 nitrogen and oxygen atoms in total. The van der Waals surface area contributed by atoms with Gasteiger partial charge in [0.2, 0.25) is 0 Å². The molecule has 1 aliphatic carbocycles. The van der Waals surface area contributed by atoms with Gasteiger partial charge in [0, 0.05) is 22.2 Å². The van der Waals surface area contributed by atoms with Crippen LogP contribution in [0.3, 0.4) is 0 Å². The minimum Gasteiger partial charge on any atom is -0.494 e. The third kappa shape index (κ3) is 1.49. The van der Waals surface area contributed by atoms with E-state index >= 15 is 0 Å². The lowest BCUT2D eigenvalue weighted by molar-refractivity contribution is 0.104. The summed E-state index contributed by atoms with van der Waals surface area (Å²) in [7, 11) is 1.64. The van der Waals surface area contributed by atoms with E-state index in [9.17, 15) is 4.79 Å². The van der Waals surface area contributed by atoms with Crippen LogP contribution in [0.25, 0.3) is 22.0 Å². The molecule has 102 valence electrons. The second-order valence-electron chi connectivity index (χ2n) is 5.18. The van der Waals surface area contributed by atoms with E-state index < -0.39 is 0 Å². The lowest BCUT2D eigenvalue weighted by atomic mass is 9.99. The molecule has 0 aliphatic heterocycles. The Morgan fingerprint density at radius 1 is 0.952 bits per heavy atom. The first-order chi connectivity index (χ1) is 10.2. The second kappa shape index (κ2) is 4.16. The summed E-state index contributed by atoms with van der Waals surface area (Å²) in [5, 5.41) is 0.966. The number of methoxy groups -OCH3 is 1. The third-order valence-corrected chi connectivity index (χ3v) is 4.05. The van der Waals surface area contributed by atoms with E-state index in [1.165, 1.54) is 0 Å². The third-order valence-electron chi connectivity index (χ3n) is 4.05. The number of hydrogen-bond acceptors (Lipinski definition) is 3. The van der Waals surface area contributed by atoms with Gasteiger partial charge in [0.1, 0.15) is 11.3 Å². The van der Waals surface area contributed by atoms with Gasteiger partial charge in [-0.3, -0.25) is 4.79 Å². The number of carbonyl (C=O) groups is 1. The van der Waals surface area contributed by atoms with Crippen LogP contribution in [0.5, 0.6) is 5.75 Å². The van der Waals surface area contributed by atoms with Crippen molar-refractivity contribution in [3.05, 3.63) is 59.3 Å². The van der Waals surface area contributed by atoms with Crippen LogP contribution in [0, 0.1) is 6.92 Å². The monoisotopic (exact) mass is 275 g/mol. The number of fused-ring (bicyclic) bond motifs is 5. The number of carbonyl (C=O) groups excluding carboxylic acids is 1. The zero-order chi connectivity index (χ0) is 14.6. The van der Waals surface area contributed by atoms with Crippen LogP contribution < -0.4 is 4.74 Å². The molecule has 0 N–H and O–H groups in total. The minimum absolute atomic E-state index is 0.0651. The molecule has 0 spiro atoms. The summed E-state index contributed by atoms with van der Waals surface area (Å²) < 4.78 is 5.41. The number of pyridine rings is 1. The Labute approximate surface area is 122 Å². The van der Waals surface area contributed by atoms with E-state index in [0.717, 1.165) is 44.6 Å². The number of nitrogens with zero attached hydrogens (tertiary/aromatic N) is 1. The van der Waals surface area contributed by atoms with Gasteiger partial charge in [-0.1, -0.05) is 36.4 Å². The molecule has 0 bridgehead atoms. The van der Waals surface area contributed by atoms with Crippen molar-refractivity contribution in [1.29, 1.82) is 0 Å². The van der Waals surface area contributed by atoms with E-state index in [-0.39, 0.29) is 5.78 Å². The normalized spacial score (nSPS) is 12.4. The fraction of sp³-hybridized carbons (Fsp3) is 0.111. The number of aromatic nitrogens is 1. The van der Waals surface area contributed by atoms with Gasteiger partial charge in [-0.2, -0.15) is 0 Å². The van der Waals surface area contributed by atoms with Crippen LogP contribution >= 0.6 is 0 Å². The van der Waals surface area contributed by atoms with Crippen molar-refractivity contribution in [2.45, 2.75) is 6.92 Å². The van der Waals surface area contributed by atoms with Gasteiger partial charge in [-0.25, -0.2) is 4.98 Å². The van der Waals surface area contributed by atoms with E-state index in [2.05, 4.69) is 4.98 Å². The van der Waals surface area contributed by atoms with Crippen LogP contribution in [0.4, 0.5) is 0 Å². The molecule has 1 heterocycles. The Bertz CT molecular complexity index is 912. The fourth-order valence-electron chi connectivity index (χ4n) is 3.13. The van der Waals surface area contributed by atoms with Gasteiger partial charge in [0.15, 0.2) is 5.78 Å². The molecule has 1 aliphatic rings. The quantitative estimate of drug-likeness (QED) is 0.531. The van der Waals surface area contributed by atoms with Crippen molar-refractivity contribution in [2.24, 2.45) is 0 Å². The number of aryl methyl sites for hydroxylation is 1. The first-order valence-corrected chi connectivity index (χ1v) is 6.84. The maximum atomic E-state index is 12.6. The van der Waals surface area contributed by atoms with Crippen molar-refractivity contribution < 1.29 is 9.53 Å². The minimum atomic E-state index is 0.0651. The van der Waals surface area contributed by atoms with Crippen molar-refractivity contribution in [3.63, 3.8) is 0 Å². The number of hydrogen-bond donors (Lipinski definition) is 0. The zero-order valence-corrected chi connectivity index (χ0v) is 11.8. The lowest BCUT2D eigenvalue weighted by Gasteiger charge is -2.10. The highest BCUT2D eigenvalue weighted by molar-refractivity contribution is 6.26. The van der Waals surface area contributed by atoms with E-state index in [1.54, 1.807) is 7.11 Å². The molecule has 2 aromatic carbocycles. The van der Waals surface area contributed by atoms with Crippen LogP contribution in [0.1, 0.15) is 21.6 Å². The van der Waals surface area contributed by atoms with Gasteiger partial charge in [-0.15, -0.1) is 0 Å². The maximum absolute atomic E-state index is 12.6. The van der Waals surface area contributed by atoms with Crippen molar-refractivity contribution >= 4 is 16.7 Å². The summed E-state index contributed by atoms with van der Waals surface area (Å²) in [5.41, 5.74) is 5.01. The first kappa shape index (κ1) is 12.1. The zero-order valence-electron chi connectivity index (χ0n) is 11.8. The highest BCUT2D eigenvalue weighted by atomic mass is 16.5. The van der Waals surface area contributed by atoms with Crippen molar-refractivity contribution in [3.8, 4) is 16.9 Å². The highest BCUT2D eigenvalue weighted by Crippen LogP contribution is 2.43. The molecular weight excluding hydrogens is 262 g/mol. The summed E-state index contributed by atoms with van der Waals surface area (Å²) in [6, 6.07) is 13.6. The number of ether oxygens (including phenoxy) is 1. The van der Waals surface area contributed by atoms with E-state index in [0.29, 0.717) is 0 Å². The Morgan fingerprint density at radius 3 is 2.48 bits per heavy atom. The Kier molecular flexibility index (Phi) is 2.39.